The smallest absolute Gasteiger partial charge is 0.337 e. The highest BCUT2D eigenvalue weighted by Gasteiger charge is 2.38. The predicted molar refractivity (Wildman–Crippen MR) is 155 cm³/mol. The second-order valence-corrected chi connectivity index (χ2v) is 11.8. The highest BCUT2D eigenvalue weighted by molar-refractivity contribution is 5.89. The largest absolute Gasteiger partial charge is 0.465 e. The summed E-state index contributed by atoms with van der Waals surface area (Å²) >= 11 is 0. The summed E-state index contributed by atoms with van der Waals surface area (Å²) in [7, 11) is 1.35. The molecule has 0 fully saturated rings. The molecular formula is C33H40FN3O3. The molecule has 1 amide bonds. The van der Waals surface area contributed by atoms with Crippen LogP contribution in [0.2, 0.25) is 0 Å². The molecule has 0 aromatic heterocycles. The fourth-order valence-corrected chi connectivity index (χ4v) is 5.12. The number of methoxy groups -OCH3 is 1. The first-order valence-corrected chi connectivity index (χ1v) is 13.8. The number of carbonyl (C=O) groups excluding carboxylic acids is 2. The number of hydrogen-bond donors (Lipinski definition) is 1. The molecule has 6 nitrogen and oxygen atoms in total. The lowest BCUT2D eigenvalue weighted by atomic mass is 9.85. The second kappa shape index (κ2) is 12.3. The fraction of sp³-hybridized carbons (Fsp3) is 0.394. The summed E-state index contributed by atoms with van der Waals surface area (Å²) in [6, 6.07) is 20.8. The normalized spacial score (nSPS) is 17.0. The van der Waals surface area contributed by atoms with E-state index in [1.807, 2.05) is 36.1 Å². The van der Waals surface area contributed by atoms with Gasteiger partial charge in [0.25, 0.3) is 0 Å². The van der Waals surface area contributed by atoms with Crippen molar-refractivity contribution in [3.8, 4) is 0 Å². The number of nitrogens with zero attached hydrogens (tertiary/aromatic N) is 2. The fourth-order valence-electron chi connectivity index (χ4n) is 5.12. The molecule has 0 bridgehead atoms. The van der Waals surface area contributed by atoms with E-state index in [9.17, 15) is 14.0 Å². The number of esters is 1. The van der Waals surface area contributed by atoms with Crippen molar-refractivity contribution in [3.63, 3.8) is 0 Å². The lowest BCUT2D eigenvalue weighted by Gasteiger charge is -2.43. The van der Waals surface area contributed by atoms with Crippen LogP contribution in [0, 0.1) is 11.2 Å². The molecule has 0 spiro atoms. The molecular weight excluding hydrogens is 505 g/mol. The quantitative estimate of drug-likeness (QED) is 0.378. The summed E-state index contributed by atoms with van der Waals surface area (Å²) in [6.45, 7) is 9.88. The number of benzene rings is 3. The van der Waals surface area contributed by atoms with E-state index in [1.165, 1.54) is 30.4 Å². The van der Waals surface area contributed by atoms with Crippen molar-refractivity contribution in [1.29, 1.82) is 0 Å². The van der Waals surface area contributed by atoms with Gasteiger partial charge in [0, 0.05) is 25.7 Å². The molecule has 3 atom stereocenters. The average Bonchev–Trinajstić information content (AvgIpc) is 2.94. The Morgan fingerprint density at radius 2 is 1.65 bits per heavy atom. The van der Waals surface area contributed by atoms with E-state index in [1.54, 1.807) is 24.3 Å². The number of nitrogens with two attached hydrogens (primary N) is 1. The number of amides is 1. The minimum Gasteiger partial charge on any atom is -0.465 e. The third-order valence-electron chi connectivity index (χ3n) is 8.01. The maximum absolute atomic E-state index is 14.6. The van der Waals surface area contributed by atoms with Crippen molar-refractivity contribution in [2.45, 2.75) is 65.3 Å². The maximum atomic E-state index is 14.6. The molecule has 0 saturated heterocycles. The van der Waals surface area contributed by atoms with Crippen LogP contribution < -0.4 is 5.73 Å². The molecule has 2 N–H and O–H groups in total. The molecule has 7 heteroatoms. The number of carbonyl (C=O) groups is 2. The summed E-state index contributed by atoms with van der Waals surface area (Å²) < 4.78 is 18.6. The number of hydrogen-bond acceptors (Lipinski definition) is 5. The van der Waals surface area contributed by atoms with Crippen LogP contribution in [0.5, 0.6) is 0 Å². The van der Waals surface area contributed by atoms with Gasteiger partial charge >= 0.3 is 5.97 Å². The zero-order valence-electron chi connectivity index (χ0n) is 24.1. The molecule has 1 heterocycles. The Kier molecular flexibility index (Phi) is 9.06. The summed E-state index contributed by atoms with van der Waals surface area (Å²) in [5.41, 5.74) is 11.1. The van der Waals surface area contributed by atoms with E-state index in [4.69, 9.17) is 10.5 Å². The van der Waals surface area contributed by atoms with Gasteiger partial charge in [0.2, 0.25) is 5.91 Å². The van der Waals surface area contributed by atoms with Gasteiger partial charge in [-0.2, -0.15) is 0 Å². The first-order chi connectivity index (χ1) is 19.0. The first kappa shape index (κ1) is 29.4. The maximum Gasteiger partial charge on any atom is 0.337 e. The Hall–Kier alpha value is -3.55. The Morgan fingerprint density at radius 1 is 1.02 bits per heavy atom. The highest BCUT2D eigenvalue weighted by Crippen LogP contribution is 2.31. The monoisotopic (exact) mass is 545 g/mol. The zero-order chi connectivity index (χ0) is 29.0. The van der Waals surface area contributed by atoms with Crippen molar-refractivity contribution >= 4 is 11.9 Å². The van der Waals surface area contributed by atoms with Crippen molar-refractivity contribution < 1.29 is 18.7 Å². The second-order valence-electron chi connectivity index (χ2n) is 11.8. The average molecular weight is 546 g/mol. The Bertz CT molecular complexity index is 1320. The summed E-state index contributed by atoms with van der Waals surface area (Å²) in [5, 5.41) is 0. The molecule has 4 rings (SSSR count). The van der Waals surface area contributed by atoms with Gasteiger partial charge in [0.05, 0.1) is 24.8 Å². The molecule has 3 aromatic carbocycles. The van der Waals surface area contributed by atoms with Crippen LogP contribution in [-0.4, -0.2) is 47.4 Å². The lowest BCUT2D eigenvalue weighted by molar-refractivity contribution is -0.141. The Morgan fingerprint density at radius 3 is 2.25 bits per heavy atom. The predicted octanol–water partition coefficient (Wildman–Crippen LogP) is 5.50. The van der Waals surface area contributed by atoms with E-state index >= 15 is 0 Å². The molecule has 0 aliphatic carbocycles. The lowest BCUT2D eigenvalue weighted by Crippen LogP contribution is -2.56. The van der Waals surface area contributed by atoms with Crippen LogP contribution in [0.4, 0.5) is 4.39 Å². The number of rotatable bonds is 8. The van der Waals surface area contributed by atoms with Crippen LogP contribution in [0.3, 0.4) is 0 Å². The van der Waals surface area contributed by atoms with Crippen LogP contribution in [0.15, 0.2) is 72.8 Å². The van der Waals surface area contributed by atoms with Crippen molar-refractivity contribution in [1.82, 2.24) is 9.80 Å². The van der Waals surface area contributed by atoms with Gasteiger partial charge in [-0.25, -0.2) is 9.18 Å². The summed E-state index contributed by atoms with van der Waals surface area (Å²) in [4.78, 5) is 30.6. The van der Waals surface area contributed by atoms with Crippen LogP contribution in [0.25, 0.3) is 0 Å². The van der Waals surface area contributed by atoms with Crippen LogP contribution >= 0.6 is 0 Å². The van der Waals surface area contributed by atoms with Gasteiger partial charge < -0.3 is 15.4 Å². The van der Waals surface area contributed by atoms with Crippen LogP contribution in [-0.2, 0) is 29.0 Å². The Labute approximate surface area is 236 Å². The van der Waals surface area contributed by atoms with E-state index < -0.39 is 12.0 Å². The third kappa shape index (κ3) is 6.77. The third-order valence-corrected chi connectivity index (χ3v) is 8.01. The molecule has 212 valence electrons. The Balaban J connectivity index is 1.70. The zero-order valence-corrected chi connectivity index (χ0v) is 24.1. The van der Waals surface area contributed by atoms with Crippen molar-refractivity contribution in [2.75, 3.05) is 13.7 Å². The number of fused-ring (bicyclic) bond motifs is 1. The van der Waals surface area contributed by atoms with E-state index in [-0.39, 0.29) is 29.2 Å². The van der Waals surface area contributed by atoms with Gasteiger partial charge in [-0.3, -0.25) is 9.69 Å². The molecule has 0 unspecified atom stereocenters. The van der Waals surface area contributed by atoms with Crippen molar-refractivity contribution in [3.05, 3.63) is 106 Å². The molecule has 40 heavy (non-hydrogen) atoms. The number of halogens is 1. The van der Waals surface area contributed by atoms with E-state index in [2.05, 4.69) is 37.8 Å². The molecule has 0 saturated carbocycles. The highest BCUT2D eigenvalue weighted by atomic mass is 19.1. The van der Waals surface area contributed by atoms with Gasteiger partial charge in [-0.15, -0.1) is 0 Å². The number of ether oxygens (including phenoxy) is 1. The minimum absolute atomic E-state index is 0.00974. The summed E-state index contributed by atoms with van der Waals surface area (Å²) in [5.74, 6) is -0.742. The molecule has 1 aliphatic rings. The SMILES string of the molecule is COC(=O)c1ccc(CN(C(=O)[C@@H]2Cc3ccccc3CN2C[C@@H](N)C(C)(C)C)[C@H](C)c2ccc(F)cc2)cc1. The van der Waals surface area contributed by atoms with Crippen molar-refractivity contribution in [2.24, 2.45) is 11.1 Å². The van der Waals surface area contributed by atoms with Crippen LogP contribution in [0.1, 0.15) is 66.3 Å². The molecule has 3 aromatic rings. The van der Waals surface area contributed by atoms with E-state index in [0.717, 1.165) is 11.1 Å². The first-order valence-electron chi connectivity index (χ1n) is 13.8. The topological polar surface area (TPSA) is 75.9 Å². The standard InChI is InChI=1S/C33H40FN3O3/c1-22(24-14-16-28(34)17-15-24)37(19-23-10-12-25(13-11-23)32(39)40-5)31(38)29-18-26-8-6-7-9-27(26)20-36(29)21-30(35)33(2,3)4/h6-17,22,29-30H,18-21,35H2,1-5H3/t22-,29+,30-/m1/s1. The van der Waals surface area contributed by atoms with Gasteiger partial charge in [-0.1, -0.05) is 69.3 Å². The van der Waals surface area contributed by atoms with Gasteiger partial charge in [0.15, 0.2) is 0 Å². The van der Waals surface area contributed by atoms with Gasteiger partial charge in [-0.05, 0) is 65.3 Å². The van der Waals surface area contributed by atoms with Gasteiger partial charge in [0.1, 0.15) is 5.82 Å². The molecule has 0 radical (unpaired) electrons. The van der Waals surface area contributed by atoms with E-state index in [0.29, 0.717) is 31.6 Å². The summed E-state index contributed by atoms with van der Waals surface area (Å²) in [6.07, 6.45) is 0.583. The molecule has 1 aliphatic heterocycles. The minimum atomic E-state index is -0.411.